The molecule has 0 aliphatic rings. The number of hydrogen-bond acceptors (Lipinski definition) is 3. The summed E-state index contributed by atoms with van der Waals surface area (Å²) in [6, 6.07) is 6.98. The van der Waals surface area contributed by atoms with Crippen LogP contribution < -0.4 is 0 Å². The van der Waals surface area contributed by atoms with Gasteiger partial charge in [0.05, 0.1) is 15.8 Å². The topological polar surface area (TPSA) is 56.0 Å². The average Bonchev–Trinajstić information content (AvgIpc) is 2.37. The van der Waals surface area contributed by atoms with Crippen molar-refractivity contribution >= 4 is 28.2 Å². The van der Waals surface area contributed by atoms with Gasteiger partial charge < -0.3 is 0 Å². The van der Waals surface area contributed by atoms with E-state index in [1.807, 2.05) is 6.92 Å². The highest BCUT2D eigenvalue weighted by molar-refractivity contribution is 6.20. The summed E-state index contributed by atoms with van der Waals surface area (Å²) in [6.45, 7) is 1.96. The Morgan fingerprint density at radius 3 is 2.89 bits per heavy atom. The van der Waals surface area contributed by atoms with Crippen LogP contribution in [0.5, 0.6) is 0 Å². The van der Waals surface area contributed by atoms with Crippen LogP contribution in [0.3, 0.4) is 0 Å². The lowest BCUT2D eigenvalue weighted by Gasteiger charge is -2.08. The molecule has 0 saturated carbocycles. The molecule has 1 heterocycles. The fraction of sp³-hybridized carbons (Fsp3) is 0.308. The molecule has 1 unspecified atom stereocenters. The molecular formula is C13H13ClN2O2. The lowest BCUT2D eigenvalue weighted by atomic mass is 10.0. The van der Waals surface area contributed by atoms with Crippen molar-refractivity contribution in [3.63, 3.8) is 0 Å². The Bertz CT molecular complexity index is 586. The molecule has 4 nitrogen and oxygen atoms in total. The number of halogens is 1. The summed E-state index contributed by atoms with van der Waals surface area (Å²) in [4.78, 5) is 15.0. The molecule has 2 aromatic rings. The largest absolute Gasteiger partial charge is 0.281 e. The highest BCUT2D eigenvalue weighted by Gasteiger charge is 2.20. The van der Waals surface area contributed by atoms with E-state index < -0.39 is 0 Å². The average molecular weight is 265 g/mol. The summed E-state index contributed by atoms with van der Waals surface area (Å²) in [7, 11) is 0. The highest BCUT2D eigenvalue weighted by atomic mass is 35.5. The first-order valence-electron chi connectivity index (χ1n) is 5.78. The second-order valence-corrected chi connectivity index (χ2v) is 4.73. The predicted molar refractivity (Wildman–Crippen MR) is 72.0 cm³/mol. The number of alkyl halides is 1. The van der Waals surface area contributed by atoms with E-state index in [4.69, 9.17) is 11.6 Å². The Balaban J connectivity index is 2.59. The third-order valence-electron chi connectivity index (χ3n) is 2.91. The second-order valence-electron chi connectivity index (χ2n) is 4.11. The van der Waals surface area contributed by atoms with Crippen molar-refractivity contribution in [2.45, 2.75) is 25.1 Å². The third-order valence-corrected chi connectivity index (χ3v) is 3.37. The third kappa shape index (κ3) is 2.43. The minimum absolute atomic E-state index is 0.0854. The maximum absolute atomic E-state index is 11.2. The summed E-state index contributed by atoms with van der Waals surface area (Å²) >= 11 is 6.09. The molecule has 0 spiro atoms. The van der Waals surface area contributed by atoms with Crippen LogP contribution in [-0.2, 0) is 6.42 Å². The van der Waals surface area contributed by atoms with Crippen LogP contribution in [0, 0.1) is 10.1 Å². The monoisotopic (exact) mass is 264 g/mol. The summed E-state index contributed by atoms with van der Waals surface area (Å²) < 4.78 is 0. The van der Waals surface area contributed by atoms with E-state index in [2.05, 4.69) is 4.98 Å². The molecule has 0 N–H and O–H groups in total. The van der Waals surface area contributed by atoms with Crippen molar-refractivity contribution in [2.75, 3.05) is 0 Å². The second kappa shape index (κ2) is 5.31. The van der Waals surface area contributed by atoms with E-state index in [0.717, 1.165) is 6.42 Å². The first-order chi connectivity index (χ1) is 8.63. The van der Waals surface area contributed by atoms with Gasteiger partial charge in [0.1, 0.15) is 0 Å². The fourth-order valence-electron chi connectivity index (χ4n) is 1.95. The maximum Gasteiger partial charge on any atom is 0.281 e. The lowest BCUT2D eigenvalue weighted by molar-refractivity contribution is -0.383. The van der Waals surface area contributed by atoms with Gasteiger partial charge in [-0.2, -0.15) is 0 Å². The molecule has 0 bridgehead atoms. The molecule has 1 aromatic heterocycles. The van der Waals surface area contributed by atoms with Gasteiger partial charge in [0, 0.05) is 17.1 Å². The minimum Gasteiger partial charge on any atom is -0.258 e. The van der Waals surface area contributed by atoms with Crippen LogP contribution in [0.1, 0.15) is 18.9 Å². The Morgan fingerprint density at radius 1 is 1.44 bits per heavy atom. The smallest absolute Gasteiger partial charge is 0.258 e. The quantitative estimate of drug-likeness (QED) is 0.481. The van der Waals surface area contributed by atoms with Crippen LogP contribution in [-0.4, -0.2) is 15.3 Å². The van der Waals surface area contributed by atoms with Crippen molar-refractivity contribution < 1.29 is 4.92 Å². The molecule has 1 atom stereocenters. The number of fused-ring (bicyclic) bond motifs is 1. The molecule has 2 rings (SSSR count). The van der Waals surface area contributed by atoms with Crippen LogP contribution >= 0.6 is 11.6 Å². The van der Waals surface area contributed by atoms with E-state index in [1.165, 1.54) is 0 Å². The van der Waals surface area contributed by atoms with Gasteiger partial charge >= 0.3 is 0 Å². The van der Waals surface area contributed by atoms with Gasteiger partial charge in [-0.1, -0.05) is 6.92 Å². The van der Waals surface area contributed by atoms with Gasteiger partial charge in [0.25, 0.3) is 5.69 Å². The zero-order valence-corrected chi connectivity index (χ0v) is 10.7. The molecule has 0 aliphatic carbocycles. The van der Waals surface area contributed by atoms with E-state index in [1.54, 1.807) is 30.5 Å². The minimum atomic E-state index is -0.349. The molecule has 1 aromatic carbocycles. The normalized spacial score (nSPS) is 12.6. The number of rotatable bonds is 4. The summed E-state index contributed by atoms with van der Waals surface area (Å²) in [5.41, 5.74) is 1.43. The van der Waals surface area contributed by atoms with Crippen LogP contribution in [0.15, 0.2) is 30.5 Å². The van der Waals surface area contributed by atoms with Gasteiger partial charge in [0.15, 0.2) is 0 Å². The predicted octanol–water partition coefficient (Wildman–Crippen LogP) is 3.70. The molecule has 0 radical (unpaired) electrons. The number of pyridine rings is 1. The van der Waals surface area contributed by atoms with Gasteiger partial charge in [-0.05, 0) is 37.1 Å². The molecule has 0 saturated heterocycles. The fourth-order valence-corrected chi connectivity index (χ4v) is 2.11. The van der Waals surface area contributed by atoms with Gasteiger partial charge in [-0.25, -0.2) is 0 Å². The SMILES string of the molecule is CCC(Cl)Cc1ccc2ncccc2c1[N+](=O)[O-]. The van der Waals surface area contributed by atoms with Gasteiger partial charge in [-0.3, -0.25) is 15.1 Å². The number of nitro groups is 1. The number of benzene rings is 1. The van der Waals surface area contributed by atoms with Crippen LogP contribution in [0.25, 0.3) is 10.9 Å². The molecule has 0 amide bonds. The molecule has 94 valence electrons. The Kier molecular flexibility index (Phi) is 3.77. The first-order valence-corrected chi connectivity index (χ1v) is 6.22. The van der Waals surface area contributed by atoms with Crippen molar-refractivity contribution in [2.24, 2.45) is 0 Å². The zero-order chi connectivity index (χ0) is 13.1. The van der Waals surface area contributed by atoms with Crippen molar-refractivity contribution in [1.82, 2.24) is 4.98 Å². The molecule has 5 heteroatoms. The summed E-state index contributed by atoms with van der Waals surface area (Å²) in [5.74, 6) is 0. The Morgan fingerprint density at radius 2 is 2.22 bits per heavy atom. The number of nitro benzene ring substituents is 1. The van der Waals surface area contributed by atoms with Crippen LogP contribution in [0.2, 0.25) is 0 Å². The molecule has 0 aliphatic heterocycles. The van der Waals surface area contributed by atoms with Crippen molar-refractivity contribution in [3.05, 3.63) is 46.1 Å². The summed E-state index contributed by atoms with van der Waals surface area (Å²) in [5, 5.41) is 11.7. The molecule has 0 fully saturated rings. The summed E-state index contributed by atoms with van der Waals surface area (Å²) in [6.07, 6.45) is 2.91. The lowest BCUT2D eigenvalue weighted by Crippen LogP contribution is -2.05. The first kappa shape index (κ1) is 12.8. The molecule has 18 heavy (non-hydrogen) atoms. The standard InChI is InChI=1S/C13H13ClN2O2/c1-2-10(14)8-9-5-6-12-11(4-3-7-15-12)13(9)16(17)18/h3-7,10H,2,8H2,1H3. The van der Waals surface area contributed by atoms with E-state index in [0.29, 0.717) is 22.9 Å². The highest BCUT2D eigenvalue weighted by Crippen LogP contribution is 2.30. The van der Waals surface area contributed by atoms with Gasteiger partial charge in [-0.15, -0.1) is 11.6 Å². The molecular weight excluding hydrogens is 252 g/mol. The van der Waals surface area contributed by atoms with Gasteiger partial charge in [0.2, 0.25) is 0 Å². The van der Waals surface area contributed by atoms with E-state index in [9.17, 15) is 10.1 Å². The van der Waals surface area contributed by atoms with Crippen molar-refractivity contribution in [1.29, 1.82) is 0 Å². The van der Waals surface area contributed by atoms with E-state index >= 15 is 0 Å². The Hall–Kier alpha value is -1.68. The number of nitrogens with zero attached hydrogens (tertiary/aromatic N) is 2. The van der Waals surface area contributed by atoms with Crippen LogP contribution in [0.4, 0.5) is 5.69 Å². The van der Waals surface area contributed by atoms with E-state index in [-0.39, 0.29) is 16.0 Å². The van der Waals surface area contributed by atoms with Crippen molar-refractivity contribution in [3.8, 4) is 0 Å². The Labute approximate surface area is 110 Å². The zero-order valence-electron chi connectivity index (χ0n) is 9.97. The maximum atomic E-state index is 11.2. The number of hydrogen-bond donors (Lipinski definition) is 0. The number of aromatic nitrogens is 1.